The van der Waals surface area contributed by atoms with Gasteiger partial charge in [-0.1, -0.05) is 11.3 Å². The number of amides is 2. The van der Waals surface area contributed by atoms with E-state index in [4.69, 9.17) is 10.2 Å². The van der Waals surface area contributed by atoms with E-state index in [1.807, 2.05) is 0 Å². The third-order valence-electron chi connectivity index (χ3n) is 1.77. The lowest BCUT2D eigenvalue weighted by Crippen LogP contribution is -2.43. The predicted molar refractivity (Wildman–Crippen MR) is 59.9 cm³/mol. The molecule has 2 amide bonds. The number of carboxylic acids is 1. The molecule has 1 aromatic heterocycles. The number of aryl methyl sites for hydroxylation is 1. The average Bonchev–Trinajstić information content (AvgIpc) is 2.63. The first kappa shape index (κ1) is 13.3. The highest BCUT2D eigenvalue weighted by Gasteiger charge is 2.19. The minimum atomic E-state index is -1.21. The van der Waals surface area contributed by atoms with Gasteiger partial charge in [-0.05, 0) is 6.92 Å². The van der Waals surface area contributed by atoms with Crippen LogP contribution in [0.4, 0.5) is 9.93 Å². The highest BCUT2D eigenvalue weighted by molar-refractivity contribution is 7.15. The number of aromatic nitrogens is 2. The van der Waals surface area contributed by atoms with Gasteiger partial charge in [0.2, 0.25) is 5.13 Å². The quantitative estimate of drug-likeness (QED) is 0.581. The number of hydrogen-bond donors (Lipinski definition) is 4. The maximum atomic E-state index is 11.4. The number of hydrogen-bond acceptors (Lipinski definition) is 6. The van der Waals surface area contributed by atoms with E-state index in [1.54, 1.807) is 6.92 Å². The monoisotopic (exact) mass is 260 g/mol. The van der Waals surface area contributed by atoms with Crippen LogP contribution in [0.1, 0.15) is 11.4 Å². The fourth-order valence-electron chi connectivity index (χ4n) is 1.03. The number of carbonyl (C=O) groups is 2. The van der Waals surface area contributed by atoms with Crippen LogP contribution in [0.25, 0.3) is 0 Å². The number of nitrogens with zero attached hydrogens (tertiary/aromatic N) is 2. The van der Waals surface area contributed by atoms with Crippen LogP contribution in [-0.2, 0) is 4.79 Å². The van der Waals surface area contributed by atoms with E-state index in [1.165, 1.54) is 11.3 Å². The molecule has 0 bridgehead atoms. The molecule has 1 heterocycles. The van der Waals surface area contributed by atoms with Crippen molar-refractivity contribution in [1.82, 2.24) is 15.5 Å². The van der Waals surface area contributed by atoms with Crippen LogP contribution in [0.2, 0.25) is 0 Å². The summed E-state index contributed by atoms with van der Waals surface area (Å²) in [5.41, 5.74) is 0. The molecule has 1 rings (SSSR count). The van der Waals surface area contributed by atoms with Crippen LogP contribution in [0, 0.1) is 6.92 Å². The zero-order valence-electron chi connectivity index (χ0n) is 9.01. The van der Waals surface area contributed by atoms with Crippen molar-refractivity contribution in [3.63, 3.8) is 0 Å². The van der Waals surface area contributed by atoms with Gasteiger partial charge in [-0.25, -0.2) is 9.59 Å². The Hall–Kier alpha value is -1.74. The molecule has 17 heavy (non-hydrogen) atoms. The Morgan fingerprint density at radius 2 is 2.18 bits per heavy atom. The number of aliphatic hydroxyl groups excluding tert-OH is 1. The van der Waals surface area contributed by atoms with Crippen LogP contribution in [0.3, 0.4) is 0 Å². The zero-order valence-corrected chi connectivity index (χ0v) is 9.82. The van der Waals surface area contributed by atoms with E-state index in [2.05, 4.69) is 20.8 Å². The molecule has 0 fully saturated rings. The van der Waals surface area contributed by atoms with Crippen LogP contribution in [-0.4, -0.2) is 45.1 Å². The zero-order chi connectivity index (χ0) is 12.8. The number of aliphatic carboxylic acids is 1. The smallest absolute Gasteiger partial charge is 0.326 e. The summed E-state index contributed by atoms with van der Waals surface area (Å²) in [6.07, 6.45) is -0.0576. The SMILES string of the molecule is Cc1nnc(NC(=O)NC(CCO)C(=O)O)s1. The van der Waals surface area contributed by atoms with E-state index >= 15 is 0 Å². The van der Waals surface area contributed by atoms with Crippen molar-refractivity contribution in [2.24, 2.45) is 0 Å². The molecule has 0 radical (unpaired) electrons. The Bertz CT molecular complexity index is 408. The van der Waals surface area contributed by atoms with Crippen molar-refractivity contribution >= 4 is 28.5 Å². The summed E-state index contributed by atoms with van der Waals surface area (Å²) in [6.45, 7) is 1.40. The van der Waals surface area contributed by atoms with Gasteiger partial charge in [-0.2, -0.15) is 0 Å². The van der Waals surface area contributed by atoms with Crippen molar-refractivity contribution in [2.45, 2.75) is 19.4 Å². The van der Waals surface area contributed by atoms with Crippen molar-refractivity contribution in [3.8, 4) is 0 Å². The minimum absolute atomic E-state index is 0.0576. The molecule has 0 aliphatic rings. The lowest BCUT2D eigenvalue weighted by atomic mass is 10.2. The van der Waals surface area contributed by atoms with Gasteiger partial charge >= 0.3 is 12.0 Å². The van der Waals surface area contributed by atoms with E-state index in [0.29, 0.717) is 5.01 Å². The lowest BCUT2D eigenvalue weighted by molar-refractivity contribution is -0.139. The van der Waals surface area contributed by atoms with Crippen LogP contribution < -0.4 is 10.6 Å². The summed E-state index contributed by atoms with van der Waals surface area (Å²) in [7, 11) is 0. The van der Waals surface area contributed by atoms with Crippen molar-refractivity contribution in [1.29, 1.82) is 0 Å². The summed E-state index contributed by atoms with van der Waals surface area (Å²) in [5.74, 6) is -1.21. The number of aliphatic hydroxyl groups is 1. The summed E-state index contributed by atoms with van der Waals surface area (Å²) < 4.78 is 0. The number of carbonyl (C=O) groups excluding carboxylic acids is 1. The lowest BCUT2D eigenvalue weighted by Gasteiger charge is -2.12. The molecule has 1 atom stereocenters. The molecule has 94 valence electrons. The fourth-order valence-corrected chi connectivity index (χ4v) is 1.61. The Morgan fingerprint density at radius 3 is 2.65 bits per heavy atom. The van der Waals surface area contributed by atoms with Gasteiger partial charge in [0.15, 0.2) is 0 Å². The number of carboxylic acid groups (broad SMARTS) is 1. The molecule has 9 heteroatoms. The first-order valence-electron chi connectivity index (χ1n) is 4.74. The summed E-state index contributed by atoms with van der Waals surface area (Å²) in [4.78, 5) is 22.1. The maximum absolute atomic E-state index is 11.4. The molecule has 0 spiro atoms. The molecule has 0 saturated carbocycles. The highest BCUT2D eigenvalue weighted by atomic mass is 32.1. The van der Waals surface area contributed by atoms with Gasteiger partial charge in [-0.15, -0.1) is 10.2 Å². The normalized spacial score (nSPS) is 11.9. The Balaban J connectivity index is 2.50. The molecule has 1 unspecified atom stereocenters. The number of urea groups is 1. The highest BCUT2D eigenvalue weighted by Crippen LogP contribution is 2.13. The number of rotatable bonds is 5. The summed E-state index contributed by atoms with van der Waals surface area (Å²) >= 11 is 1.17. The third kappa shape index (κ3) is 4.33. The van der Waals surface area contributed by atoms with Gasteiger partial charge in [0, 0.05) is 13.0 Å². The molecular formula is C8H12N4O4S. The Morgan fingerprint density at radius 1 is 1.47 bits per heavy atom. The second-order valence-corrected chi connectivity index (χ2v) is 4.31. The summed E-state index contributed by atoms with van der Waals surface area (Å²) in [5, 5.41) is 30.3. The summed E-state index contributed by atoms with van der Waals surface area (Å²) in [6, 6.07) is -1.82. The number of nitrogens with one attached hydrogen (secondary N) is 2. The molecule has 1 aromatic rings. The van der Waals surface area contributed by atoms with Crippen molar-refractivity contribution < 1.29 is 19.8 Å². The van der Waals surface area contributed by atoms with Crippen LogP contribution >= 0.6 is 11.3 Å². The van der Waals surface area contributed by atoms with E-state index in [9.17, 15) is 9.59 Å². The van der Waals surface area contributed by atoms with E-state index in [0.717, 1.165) is 0 Å². The third-order valence-corrected chi connectivity index (χ3v) is 2.52. The van der Waals surface area contributed by atoms with E-state index < -0.39 is 18.0 Å². The second-order valence-electron chi connectivity index (χ2n) is 3.13. The molecule has 4 N–H and O–H groups in total. The molecule has 0 aliphatic carbocycles. The second kappa shape index (κ2) is 6.11. The largest absolute Gasteiger partial charge is 0.480 e. The standard InChI is InChI=1S/C8H12N4O4S/c1-4-11-12-8(17-4)10-7(16)9-5(2-3-13)6(14)15/h5,13H,2-3H2,1H3,(H,14,15)(H2,9,10,12,16). The number of anilines is 1. The van der Waals surface area contributed by atoms with Gasteiger partial charge in [-0.3, -0.25) is 5.32 Å². The van der Waals surface area contributed by atoms with Gasteiger partial charge in [0.25, 0.3) is 0 Å². The average molecular weight is 260 g/mol. The minimum Gasteiger partial charge on any atom is -0.480 e. The molecule has 8 nitrogen and oxygen atoms in total. The van der Waals surface area contributed by atoms with Gasteiger partial charge in [0.05, 0.1) is 0 Å². The molecule has 0 aliphatic heterocycles. The maximum Gasteiger partial charge on any atom is 0.326 e. The van der Waals surface area contributed by atoms with Gasteiger partial charge < -0.3 is 15.5 Å². The Labute approximate surface area is 101 Å². The predicted octanol–water partition coefficient (Wildman–Crippen LogP) is -0.196. The molecule has 0 aromatic carbocycles. The molecular weight excluding hydrogens is 248 g/mol. The fraction of sp³-hybridized carbons (Fsp3) is 0.500. The first-order valence-corrected chi connectivity index (χ1v) is 5.56. The van der Waals surface area contributed by atoms with Gasteiger partial charge in [0.1, 0.15) is 11.0 Å². The van der Waals surface area contributed by atoms with Crippen molar-refractivity contribution in [3.05, 3.63) is 5.01 Å². The van der Waals surface area contributed by atoms with Crippen LogP contribution in [0.15, 0.2) is 0 Å². The van der Waals surface area contributed by atoms with Crippen molar-refractivity contribution in [2.75, 3.05) is 11.9 Å². The Kier molecular flexibility index (Phi) is 4.79. The first-order chi connectivity index (χ1) is 8.02. The molecule has 0 saturated heterocycles. The van der Waals surface area contributed by atoms with Crippen LogP contribution in [0.5, 0.6) is 0 Å². The van der Waals surface area contributed by atoms with E-state index in [-0.39, 0.29) is 18.2 Å². The topological polar surface area (TPSA) is 124 Å².